The third-order valence-corrected chi connectivity index (χ3v) is 7.17. The lowest BCUT2D eigenvalue weighted by atomic mass is 9.93. The fraction of sp³-hybridized carbons (Fsp3) is 0.556. The minimum absolute atomic E-state index is 0.145. The number of carboxylic acids is 1. The molecule has 2 aliphatic rings. The van der Waals surface area contributed by atoms with Crippen molar-refractivity contribution in [1.29, 1.82) is 0 Å². The number of carbonyl (C=O) groups is 2. The highest BCUT2D eigenvalue weighted by Gasteiger charge is 2.38. The Labute approximate surface area is 153 Å². The second-order valence-corrected chi connectivity index (χ2v) is 8.81. The summed E-state index contributed by atoms with van der Waals surface area (Å²) in [5.41, 5.74) is 0. The molecule has 1 aromatic rings. The molecule has 3 rings (SSSR count). The lowest BCUT2D eigenvalue weighted by Gasteiger charge is -2.38. The van der Waals surface area contributed by atoms with E-state index in [0.717, 1.165) is 12.8 Å². The largest absolute Gasteiger partial charge is 0.480 e. The van der Waals surface area contributed by atoms with Gasteiger partial charge in [-0.3, -0.25) is 4.79 Å². The quantitative estimate of drug-likeness (QED) is 0.855. The van der Waals surface area contributed by atoms with Crippen LogP contribution < -0.4 is 0 Å². The molecule has 2 fully saturated rings. The molecule has 0 unspecified atom stereocenters. The van der Waals surface area contributed by atoms with E-state index in [1.54, 1.807) is 30.3 Å². The highest BCUT2D eigenvalue weighted by Crippen LogP contribution is 2.27. The Morgan fingerprint density at radius 2 is 1.62 bits per heavy atom. The van der Waals surface area contributed by atoms with Gasteiger partial charge in [-0.2, -0.15) is 4.31 Å². The predicted octanol–water partition coefficient (Wildman–Crippen LogP) is 1.55. The van der Waals surface area contributed by atoms with E-state index >= 15 is 0 Å². The average Bonchev–Trinajstić information content (AvgIpc) is 2.68. The van der Waals surface area contributed by atoms with Gasteiger partial charge >= 0.3 is 5.97 Å². The van der Waals surface area contributed by atoms with E-state index < -0.39 is 22.0 Å². The minimum atomic E-state index is -3.55. The second-order valence-electron chi connectivity index (χ2n) is 6.87. The first-order chi connectivity index (χ1) is 12.4. The molecule has 8 heteroatoms. The molecular weight excluding hydrogens is 356 g/mol. The molecule has 1 atom stereocenters. The van der Waals surface area contributed by atoms with Crippen molar-refractivity contribution in [2.75, 3.05) is 19.6 Å². The Kier molecular flexibility index (Phi) is 5.62. The van der Waals surface area contributed by atoms with Crippen molar-refractivity contribution < 1.29 is 23.1 Å². The molecule has 0 radical (unpaired) electrons. The number of sulfonamides is 1. The first kappa shape index (κ1) is 18.8. The molecule has 26 heavy (non-hydrogen) atoms. The van der Waals surface area contributed by atoms with Gasteiger partial charge in [0.15, 0.2) is 0 Å². The molecular formula is C18H24N2O5S. The Morgan fingerprint density at radius 3 is 2.23 bits per heavy atom. The minimum Gasteiger partial charge on any atom is -0.480 e. The summed E-state index contributed by atoms with van der Waals surface area (Å²) in [5.74, 6) is -1.41. The number of benzene rings is 1. The first-order valence-electron chi connectivity index (χ1n) is 9.00. The number of amides is 1. The molecule has 2 heterocycles. The monoisotopic (exact) mass is 380 g/mol. The van der Waals surface area contributed by atoms with Crippen LogP contribution in [-0.4, -0.2) is 60.3 Å². The summed E-state index contributed by atoms with van der Waals surface area (Å²) < 4.78 is 26.7. The number of piperidine rings is 2. The van der Waals surface area contributed by atoms with Crippen LogP contribution in [0.2, 0.25) is 0 Å². The summed E-state index contributed by atoms with van der Waals surface area (Å²) in [6.45, 7) is 1.02. The van der Waals surface area contributed by atoms with Crippen LogP contribution in [0.1, 0.15) is 32.1 Å². The maximum absolute atomic E-state index is 12.8. The molecule has 0 bridgehead atoms. The van der Waals surface area contributed by atoms with E-state index in [2.05, 4.69) is 0 Å². The number of carbonyl (C=O) groups excluding carboxylic acids is 1. The van der Waals surface area contributed by atoms with Crippen LogP contribution in [0.15, 0.2) is 35.2 Å². The van der Waals surface area contributed by atoms with Gasteiger partial charge in [-0.15, -0.1) is 0 Å². The Morgan fingerprint density at radius 1 is 0.962 bits per heavy atom. The van der Waals surface area contributed by atoms with E-state index in [0.29, 0.717) is 25.8 Å². The highest BCUT2D eigenvalue weighted by atomic mass is 32.2. The molecule has 7 nitrogen and oxygen atoms in total. The molecule has 1 aromatic carbocycles. The van der Waals surface area contributed by atoms with Crippen LogP contribution in [-0.2, 0) is 19.6 Å². The fourth-order valence-electron chi connectivity index (χ4n) is 3.77. The third kappa shape index (κ3) is 3.76. The van der Waals surface area contributed by atoms with Gasteiger partial charge in [-0.1, -0.05) is 18.2 Å². The van der Waals surface area contributed by atoms with Gasteiger partial charge in [-0.25, -0.2) is 13.2 Å². The Balaban J connectivity index is 1.65. The second kappa shape index (κ2) is 7.75. The SMILES string of the molecule is O=C(O)[C@H]1CCCCN1C(=O)C1CCN(S(=O)(=O)c2ccccc2)CC1. The molecule has 142 valence electrons. The van der Waals surface area contributed by atoms with E-state index in [4.69, 9.17) is 0 Å². The van der Waals surface area contributed by atoms with Crippen LogP contribution in [0, 0.1) is 5.92 Å². The maximum atomic E-state index is 12.8. The molecule has 0 saturated carbocycles. The van der Waals surface area contributed by atoms with Crippen LogP contribution >= 0.6 is 0 Å². The molecule has 0 aliphatic carbocycles. The van der Waals surface area contributed by atoms with Gasteiger partial charge in [0.05, 0.1) is 4.90 Å². The van der Waals surface area contributed by atoms with E-state index in [-0.39, 0.29) is 29.8 Å². The fourth-order valence-corrected chi connectivity index (χ4v) is 5.26. The number of aliphatic carboxylic acids is 1. The summed E-state index contributed by atoms with van der Waals surface area (Å²) >= 11 is 0. The Hall–Kier alpha value is -1.93. The zero-order valence-corrected chi connectivity index (χ0v) is 15.4. The molecule has 0 aromatic heterocycles. The van der Waals surface area contributed by atoms with Crippen molar-refractivity contribution in [3.63, 3.8) is 0 Å². The molecule has 0 spiro atoms. The summed E-state index contributed by atoms with van der Waals surface area (Å²) in [7, 11) is -3.55. The van der Waals surface area contributed by atoms with Crippen molar-refractivity contribution in [1.82, 2.24) is 9.21 Å². The lowest BCUT2D eigenvalue weighted by molar-refractivity contribution is -0.154. The lowest BCUT2D eigenvalue weighted by Crippen LogP contribution is -2.52. The van der Waals surface area contributed by atoms with Crippen molar-refractivity contribution in [2.24, 2.45) is 5.92 Å². The predicted molar refractivity (Wildman–Crippen MR) is 94.9 cm³/mol. The van der Waals surface area contributed by atoms with Crippen molar-refractivity contribution in [2.45, 2.75) is 43.0 Å². The number of carboxylic acid groups (broad SMARTS) is 1. The van der Waals surface area contributed by atoms with E-state index in [1.165, 1.54) is 9.21 Å². The van der Waals surface area contributed by atoms with E-state index in [9.17, 15) is 23.1 Å². The van der Waals surface area contributed by atoms with Gasteiger partial charge in [0.25, 0.3) is 0 Å². The van der Waals surface area contributed by atoms with Crippen molar-refractivity contribution >= 4 is 21.9 Å². The smallest absolute Gasteiger partial charge is 0.326 e. The third-order valence-electron chi connectivity index (χ3n) is 5.26. The van der Waals surface area contributed by atoms with E-state index in [1.807, 2.05) is 0 Å². The molecule has 1 amide bonds. The van der Waals surface area contributed by atoms with Crippen LogP contribution in [0.25, 0.3) is 0 Å². The summed E-state index contributed by atoms with van der Waals surface area (Å²) in [4.78, 5) is 25.9. The van der Waals surface area contributed by atoms with Gasteiger partial charge in [-0.05, 0) is 44.2 Å². The van der Waals surface area contributed by atoms with Crippen molar-refractivity contribution in [3.05, 3.63) is 30.3 Å². The number of hydrogen-bond donors (Lipinski definition) is 1. The Bertz CT molecular complexity index is 757. The normalized spacial score (nSPS) is 22.9. The maximum Gasteiger partial charge on any atom is 0.326 e. The molecule has 1 N–H and O–H groups in total. The standard InChI is InChI=1S/C18H24N2O5S/c21-17(20-11-5-4-8-16(20)18(22)23)14-9-12-19(13-10-14)26(24,25)15-6-2-1-3-7-15/h1-3,6-7,14,16H,4-5,8-13H2,(H,22,23)/t16-/m1/s1. The highest BCUT2D eigenvalue weighted by molar-refractivity contribution is 7.89. The first-order valence-corrected chi connectivity index (χ1v) is 10.4. The van der Waals surface area contributed by atoms with Gasteiger partial charge in [0.1, 0.15) is 6.04 Å². The number of nitrogens with zero attached hydrogens (tertiary/aromatic N) is 2. The van der Waals surface area contributed by atoms with Crippen molar-refractivity contribution in [3.8, 4) is 0 Å². The van der Waals surface area contributed by atoms with Crippen LogP contribution in [0.4, 0.5) is 0 Å². The number of likely N-dealkylation sites (tertiary alicyclic amines) is 1. The summed E-state index contributed by atoms with van der Waals surface area (Å²) in [6.07, 6.45) is 2.97. The number of hydrogen-bond acceptors (Lipinski definition) is 4. The van der Waals surface area contributed by atoms with Crippen LogP contribution in [0.5, 0.6) is 0 Å². The molecule has 2 aliphatic heterocycles. The zero-order valence-electron chi connectivity index (χ0n) is 14.6. The average molecular weight is 380 g/mol. The molecule has 2 saturated heterocycles. The van der Waals surface area contributed by atoms with Gasteiger partial charge in [0, 0.05) is 25.6 Å². The summed E-state index contributed by atoms with van der Waals surface area (Å²) in [5, 5.41) is 9.35. The summed E-state index contributed by atoms with van der Waals surface area (Å²) in [6, 6.07) is 7.52. The number of rotatable bonds is 4. The van der Waals surface area contributed by atoms with Crippen LogP contribution in [0.3, 0.4) is 0 Å². The topological polar surface area (TPSA) is 95.0 Å². The van der Waals surface area contributed by atoms with Gasteiger partial charge < -0.3 is 10.0 Å². The van der Waals surface area contributed by atoms with Gasteiger partial charge in [0.2, 0.25) is 15.9 Å². The zero-order chi connectivity index (χ0) is 18.7.